The average Bonchev–Trinajstić information content (AvgIpc) is 3.00. The molecule has 0 amide bonds. The average molecular weight is 209 g/mol. The van der Waals surface area contributed by atoms with Crippen LogP contribution in [0.4, 0.5) is 5.13 Å². The van der Waals surface area contributed by atoms with Crippen molar-refractivity contribution < 1.29 is 0 Å². The van der Waals surface area contributed by atoms with Gasteiger partial charge in [-0.25, -0.2) is 0 Å². The third-order valence-electron chi connectivity index (χ3n) is 3.78. The van der Waals surface area contributed by atoms with E-state index in [2.05, 4.69) is 22.4 Å². The van der Waals surface area contributed by atoms with Gasteiger partial charge in [0.25, 0.3) is 0 Å². The molecule has 0 spiro atoms. The highest BCUT2D eigenvalue weighted by molar-refractivity contribution is 7.15. The van der Waals surface area contributed by atoms with Crippen molar-refractivity contribution in [3.63, 3.8) is 0 Å². The van der Waals surface area contributed by atoms with Gasteiger partial charge in [0, 0.05) is 5.54 Å². The van der Waals surface area contributed by atoms with Crippen molar-refractivity contribution in [3.8, 4) is 0 Å². The number of aromatic nitrogens is 2. The summed E-state index contributed by atoms with van der Waals surface area (Å²) >= 11 is 1.67. The zero-order valence-corrected chi connectivity index (χ0v) is 9.45. The Balaban J connectivity index is 1.78. The van der Waals surface area contributed by atoms with Gasteiger partial charge in [-0.1, -0.05) is 18.3 Å². The predicted octanol–water partition coefficient (Wildman–Crippen LogP) is 2.59. The largest absolute Gasteiger partial charge is 0.354 e. The molecule has 1 N–H and O–H groups in total. The fourth-order valence-electron chi connectivity index (χ4n) is 2.22. The lowest BCUT2D eigenvalue weighted by Gasteiger charge is -2.23. The van der Waals surface area contributed by atoms with Crippen molar-refractivity contribution in [1.29, 1.82) is 0 Å². The van der Waals surface area contributed by atoms with Crippen LogP contribution < -0.4 is 5.32 Å². The second kappa shape index (κ2) is 2.48. The quantitative estimate of drug-likeness (QED) is 0.831. The maximum absolute atomic E-state index is 4.14. The molecule has 4 heteroatoms. The van der Waals surface area contributed by atoms with E-state index in [1.54, 1.807) is 11.3 Å². The minimum Gasteiger partial charge on any atom is -0.354 e. The molecule has 2 aliphatic carbocycles. The number of hydrogen-bond donors (Lipinski definition) is 1. The fraction of sp³-hybridized carbons (Fsp3) is 0.800. The predicted molar refractivity (Wildman–Crippen MR) is 57.6 cm³/mol. The first-order valence-electron chi connectivity index (χ1n) is 5.22. The Kier molecular flexibility index (Phi) is 1.53. The van der Waals surface area contributed by atoms with Crippen LogP contribution in [0, 0.1) is 12.3 Å². The number of aryl methyl sites for hydroxylation is 1. The Morgan fingerprint density at radius 3 is 2.36 bits per heavy atom. The van der Waals surface area contributed by atoms with Gasteiger partial charge in [-0.2, -0.15) is 0 Å². The Morgan fingerprint density at radius 2 is 1.93 bits per heavy atom. The van der Waals surface area contributed by atoms with Crippen LogP contribution in [0.3, 0.4) is 0 Å². The highest BCUT2D eigenvalue weighted by Crippen LogP contribution is 2.65. The van der Waals surface area contributed by atoms with Crippen LogP contribution in [0.25, 0.3) is 0 Å². The van der Waals surface area contributed by atoms with Crippen molar-refractivity contribution in [2.24, 2.45) is 5.41 Å². The molecule has 3 rings (SSSR count). The van der Waals surface area contributed by atoms with Gasteiger partial charge in [-0.15, -0.1) is 10.2 Å². The molecule has 14 heavy (non-hydrogen) atoms. The molecule has 76 valence electrons. The van der Waals surface area contributed by atoms with E-state index in [1.807, 2.05) is 6.92 Å². The van der Waals surface area contributed by atoms with E-state index in [0.717, 1.165) is 10.1 Å². The summed E-state index contributed by atoms with van der Waals surface area (Å²) in [7, 11) is 0. The van der Waals surface area contributed by atoms with E-state index < -0.39 is 0 Å². The minimum atomic E-state index is 0.374. The van der Waals surface area contributed by atoms with Crippen LogP contribution in [0.1, 0.15) is 37.6 Å². The van der Waals surface area contributed by atoms with Crippen molar-refractivity contribution in [2.45, 2.75) is 45.1 Å². The van der Waals surface area contributed by atoms with Crippen LogP contribution in [0.15, 0.2) is 0 Å². The molecule has 0 bridgehead atoms. The maximum atomic E-state index is 4.14. The van der Waals surface area contributed by atoms with Gasteiger partial charge in [0.05, 0.1) is 0 Å². The third-order valence-corrected chi connectivity index (χ3v) is 4.53. The Morgan fingerprint density at radius 1 is 1.21 bits per heavy atom. The third kappa shape index (κ3) is 1.16. The summed E-state index contributed by atoms with van der Waals surface area (Å²) in [4.78, 5) is 0. The fourth-order valence-corrected chi connectivity index (χ4v) is 2.91. The smallest absolute Gasteiger partial charge is 0.206 e. The summed E-state index contributed by atoms with van der Waals surface area (Å²) in [6.07, 6.45) is 5.36. The number of nitrogens with zero attached hydrogens (tertiary/aromatic N) is 2. The lowest BCUT2D eigenvalue weighted by Crippen LogP contribution is -2.30. The van der Waals surface area contributed by atoms with Crippen molar-refractivity contribution in [1.82, 2.24) is 10.2 Å². The number of hydrogen-bond acceptors (Lipinski definition) is 4. The van der Waals surface area contributed by atoms with Crippen molar-refractivity contribution in [2.75, 3.05) is 5.32 Å². The lowest BCUT2D eigenvalue weighted by molar-refractivity contribution is 0.447. The summed E-state index contributed by atoms with van der Waals surface area (Å²) in [6, 6.07) is 0. The van der Waals surface area contributed by atoms with E-state index in [9.17, 15) is 0 Å². The molecule has 0 atom stereocenters. The van der Waals surface area contributed by atoms with Crippen LogP contribution in [0.5, 0.6) is 0 Å². The van der Waals surface area contributed by atoms with Crippen molar-refractivity contribution >= 4 is 16.5 Å². The Bertz CT molecular complexity index is 363. The standard InChI is InChI=1S/C10H15N3S/c1-7-12-13-8(14-7)11-10(5-6-10)9(2)3-4-9/h3-6H2,1-2H3,(H,11,13). The van der Waals surface area contributed by atoms with Gasteiger partial charge in [-0.05, 0) is 38.0 Å². The second-order valence-corrected chi connectivity index (χ2v) is 6.08. The SMILES string of the molecule is Cc1nnc(NC2(C3(C)CC3)CC2)s1. The Hall–Kier alpha value is -0.640. The van der Waals surface area contributed by atoms with Crippen LogP contribution in [0.2, 0.25) is 0 Å². The highest BCUT2D eigenvalue weighted by atomic mass is 32.1. The van der Waals surface area contributed by atoms with Gasteiger partial charge in [0.1, 0.15) is 5.01 Å². The zero-order chi connectivity index (χ0) is 9.81. The molecule has 0 radical (unpaired) electrons. The minimum absolute atomic E-state index is 0.374. The molecule has 1 heterocycles. The van der Waals surface area contributed by atoms with Crippen LogP contribution >= 0.6 is 11.3 Å². The summed E-state index contributed by atoms with van der Waals surface area (Å²) in [5.41, 5.74) is 0.922. The van der Waals surface area contributed by atoms with Crippen LogP contribution in [-0.4, -0.2) is 15.7 Å². The Labute approximate surface area is 87.9 Å². The lowest BCUT2D eigenvalue weighted by atomic mass is 9.96. The molecule has 0 saturated heterocycles. The summed E-state index contributed by atoms with van der Waals surface area (Å²) in [5, 5.41) is 13.8. The topological polar surface area (TPSA) is 37.8 Å². The highest BCUT2D eigenvalue weighted by Gasteiger charge is 2.62. The maximum Gasteiger partial charge on any atom is 0.206 e. The molecular formula is C10H15N3S. The summed E-state index contributed by atoms with van der Waals surface area (Å²) < 4.78 is 0. The van der Waals surface area contributed by atoms with Gasteiger partial charge < -0.3 is 5.32 Å². The molecular weight excluding hydrogens is 194 g/mol. The molecule has 2 fully saturated rings. The van der Waals surface area contributed by atoms with Crippen molar-refractivity contribution in [3.05, 3.63) is 5.01 Å². The molecule has 1 aromatic heterocycles. The first kappa shape index (κ1) is 8.65. The molecule has 1 aromatic rings. The molecule has 0 aliphatic heterocycles. The molecule has 3 nitrogen and oxygen atoms in total. The first-order chi connectivity index (χ1) is 6.64. The molecule has 2 saturated carbocycles. The van der Waals surface area contributed by atoms with E-state index in [0.29, 0.717) is 11.0 Å². The number of nitrogens with one attached hydrogen (secondary N) is 1. The van der Waals surface area contributed by atoms with Crippen LogP contribution in [-0.2, 0) is 0 Å². The molecule has 2 aliphatic rings. The van der Waals surface area contributed by atoms with Gasteiger partial charge in [-0.3, -0.25) is 0 Å². The van der Waals surface area contributed by atoms with E-state index >= 15 is 0 Å². The van der Waals surface area contributed by atoms with Gasteiger partial charge in [0.15, 0.2) is 0 Å². The molecule has 0 unspecified atom stereocenters. The van der Waals surface area contributed by atoms with Gasteiger partial charge in [0.2, 0.25) is 5.13 Å². The number of rotatable bonds is 3. The normalized spacial score (nSPS) is 25.9. The number of anilines is 1. The summed E-state index contributed by atoms with van der Waals surface area (Å²) in [5.74, 6) is 0. The molecule has 0 aromatic carbocycles. The monoisotopic (exact) mass is 209 g/mol. The van der Waals surface area contributed by atoms with E-state index in [1.165, 1.54) is 25.7 Å². The second-order valence-electron chi connectivity index (χ2n) is 4.89. The van der Waals surface area contributed by atoms with E-state index in [4.69, 9.17) is 0 Å². The zero-order valence-electron chi connectivity index (χ0n) is 8.63. The summed E-state index contributed by atoms with van der Waals surface area (Å²) in [6.45, 7) is 4.39. The first-order valence-corrected chi connectivity index (χ1v) is 6.04. The van der Waals surface area contributed by atoms with Gasteiger partial charge >= 0.3 is 0 Å². The van der Waals surface area contributed by atoms with E-state index in [-0.39, 0.29) is 0 Å².